The molecule has 0 saturated carbocycles. The molecule has 0 radical (unpaired) electrons. The average molecular weight is 440 g/mol. The van der Waals surface area contributed by atoms with Gasteiger partial charge in [0.15, 0.2) is 0 Å². The quantitative estimate of drug-likeness (QED) is 0.663. The molecular formula is C20H20Cl2FN3O3. The zero-order chi connectivity index (χ0) is 21.4. The van der Waals surface area contributed by atoms with Crippen LogP contribution in [0.4, 0.5) is 4.39 Å². The second kappa shape index (κ2) is 10.8. The Morgan fingerprint density at radius 1 is 1.03 bits per heavy atom. The van der Waals surface area contributed by atoms with Crippen LogP contribution in [-0.2, 0) is 16.1 Å². The molecule has 6 nitrogen and oxygen atoms in total. The van der Waals surface area contributed by atoms with E-state index in [1.165, 1.54) is 35.2 Å². The summed E-state index contributed by atoms with van der Waals surface area (Å²) >= 11 is 11.7. The monoisotopic (exact) mass is 439 g/mol. The van der Waals surface area contributed by atoms with E-state index in [1.54, 1.807) is 19.1 Å². The molecule has 0 aliphatic rings. The predicted octanol–water partition coefficient (Wildman–Crippen LogP) is 3.03. The number of hydrogen-bond donors (Lipinski definition) is 2. The van der Waals surface area contributed by atoms with Crippen molar-refractivity contribution >= 4 is 40.9 Å². The Labute approximate surface area is 178 Å². The second-order valence-corrected chi connectivity index (χ2v) is 6.97. The normalized spacial score (nSPS) is 10.3. The number of hydrogen-bond acceptors (Lipinski definition) is 3. The van der Waals surface area contributed by atoms with Crippen LogP contribution in [0.15, 0.2) is 42.5 Å². The molecule has 0 aliphatic heterocycles. The van der Waals surface area contributed by atoms with E-state index < -0.39 is 11.8 Å². The molecule has 9 heteroatoms. The van der Waals surface area contributed by atoms with E-state index >= 15 is 0 Å². The summed E-state index contributed by atoms with van der Waals surface area (Å²) in [5, 5.41) is 5.44. The average Bonchev–Trinajstić information content (AvgIpc) is 2.68. The zero-order valence-corrected chi connectivity index (χ0v) is 17.2. The largest absolute Gasteiger partial charge is 0.345 e. The molecule has 0 spiro atoms. The van der Waals surface area contributed by atoms with E-state index in [1.807, 2.05) is 0 Å². The predicted molar refractivity (Wildman–Crippen MR) is 109 cm³/mol. The topological polar surface area (TPSA) is 78.5 Å². The van der Waals surface area contributed by atoms with Crippen molar-refractivity contribution in [2.75, 3.05) is 19.6 Å². The molecule has 0 fully saturated rings. The van der Waals surface area contributed by atoms with Crippen molar-refractivity contribution in [3.63, 3.8) is 0 Å². The highest BCUT2D eigenvalue weighted by atomic mass is 35.5. The Morgan fingerprint density at radius 3 is 2.45 bits per heavy atom. The van der Waals surface area contributed by atoms with Crippen molar-refractivity contribution in [2.45, 2.75) is 13.5 Å². The number of amides is 3. The van der Waals surface area contributed by atoms with Crippen LogP contribution in [0.3, 0.4) is 0 Å². The van der Waals surface area contributed by atoms with Crippen molar-refractivity contribution in [1.82, 2.24) is 15.5 Å². The van der Waals surface area contributed by atoms with Crippen LogP contribution < -0.4 is 10.6 Å². The Kier molecular flexibility index (Phi) is 8.42. The van der Waals surface area contributed by atoms with Gasteiger partial charge in [0.2, 0.25) is 11.8 Å². The molecule has 0 aliphatic carbocycles. The lowest BCUT2D eigenvalue weighted by Crippen LogP contribution is -2.43. The maximum absolute atomic E-state index is 13.3. The highest BCUT2D eigenvalue weighted by Crippen LogP contribution is 2.20. The summed E-state index contributed by atoms with van der Waals surface area (Å²) in [5.74, 6) is -1.76. The SMILES string of the molecule is CCN(Cc1cccc(F)c1)C(=O)CNC(=O)CNC(=O)c1ccc(Cl)cc1Cl. The Hall–Kier alpha value is -2.64. The van der Waals surface area contributed by atoms with Crippen LogP contribution in [0.1, 0.15) is 22.8 Å². The maximum atomic E-state index is 13.3. The fourth-order valence-corrected chi connectivity index (χ4v) is 3.00. The van der Waals surface area contributed by atoms with Gasteiger partial charge in [-0.1, -0.05) is 35.3 Å². The number of rotatable bonds is 8. The minimum Gasteiger partial charge on any atom is -0.345 e. The standard InChI is InChI=1S/C20H20Cl2FN3O3/c1-2-26(12-13-4-3-5-15(23)8-13)19(28)11-24-18(27)10-25-20(29)16-7-6-14(21)9-17(16)22/h3-9H,2,10-12H2,1H3,(H,24,27)(H,25,29). The van der Waals surface area contributed by atoms with Crippen LogP contribution in [0.5, 0.6) is 0 Å². The van der Waals surface area contributed by atoms with Gasteiger partial charge in [-0.2, -0.15) is 0 Å². The molecule has 0 aromatic heterocycles. The van der Waals surface area contributed by atoms with Crippen molar-refractivity contribution in [1.29, 1.82) is 0 Å². The summed E-state index contributed by atoms with van der Waals surface area (Å²) in [6.07, 6.45) is 0. The van der Waals surface area contributed by atoms with E-state index in [0.29, 0.717) is 17.1 Å². The molecule has 2 aromatic rings. The maximum Gasteiger partial charge on any atom is 0.253 e. The molecule has 3 amide bonds. The summed E-state index contributed by atoms with van der Waals surface area (Å²) in [4.78, 5) is 37.8. The van der Waals surface area contributed by atoms with Gasteiger partial charge in [0.25, 0.3) is 5.91 Å². The Bertz CT molecular complexity index is 908. The first kappa shape index (κ1) is 22.6. The molecule has 0 bridgehead atoms. The lowest BCUT2D eigenvalue weighted by atomic mass is 10.2. The molecule has 2 rings (SSSR count). The molecule has 0 heterocycles. The number of nitrogens with zero attached hydrogens (tertiary/aromatic N) is 1. The van der Waals surface area contributed by atoms with Crippen LogP contribution in [0.2, 0.25) is 10.0 Å². The van der Waals surface area contributed by atoms with Crippen molar-refractivity contribution in [3.8, 4) is 0 Å². The molecule has 0 atom stereocenters. The van der Waals surface area contributed by atoms with Gasteiger partial charge in [-0.05, 0) is 42.8 Å². The molecule has 0 unspecified atom stereocenters. The summed E-state index contributed by atoms with van der Waals surface area (Å²) in [7, 11) is 0. The fourth-order valence-electron chi connectivity index (χ4n) is 2.51. The van der Waals surface area contributed by atoms with Gasteiger partial charge in [0.05, 0.1) is 23.7 Å². The van der Waals surface area contributed by atoms with Gasteiger partial charge >= 0.3 is 0 Å². The number of likely N-dealkylation sites (N-methyl/N-ethyl adjacent to an activating group) is 1. The number of carbonyl (C=O) groups excluding carboxylic acids is 3. The van der Waals surface area contributed by atoms with Gasteiger partial charge in [0, 0.05) is 18.1 Å². The number of benzene rings is 2. The van der Waals surface area contributed by atoms with Gasteiger partial charge in [-0.25, -0.2) is 4.39 Å². The first-order valence-electron chi connectivity index (χ1n) is 8.82. The summed E-state index contributed by atoms with van der Waals surface area (Å²) < 4.78 is 13.3. The lowest BCUT2D eigenvalue weighted by molar-refractivity contribution is -0.133. The molecule has 2 N–H and O–H groups in total. The summed E-state index contributed by atoms with van der Waals surface area (Å²) in [5.41, 5.74) is 0.839. The van der Waals surface area contributed by atoms with Crippen LogP contribution in [-0.4, -0.2) is 42.3 Å². The first-order chi connectivity index (χ1) is 13.8. The third-order valence-corrected chi connectivity index (χ3v) is 4.57. The Morgan fingerprint density at radius 2 is 1.79 bits per heavy atom. The smallest absolute Gasteiger partial charge is 0.253 e. The molecule has 29 heavy (non-hydrogen) atoms. The first-order valence-corrected chi connectivity index (χ1v) is 9.58. The van der Waals surface area contributed by atoms with Gasteiger partial charge in [-0.15, -0.1) is 0 Å². The fraction of sp³-hybridized carbons (Fsp3) is 0.250. The van der Waals surface area contributed by atoms with Crippen LogP contribution >= 0.6 is 23.2 Å². The van der Waals surface area contributed by atoms with Crippen LogP contribution in [0, 0.1) is 5.82 Å². The van der Waals surface area contributed by atoms with Crippen molar-refractivity contribution < 1.29 is 18.8 Å². The third kappa shape index (κ3) is 7.03. The van der Waals surface area contributed by atoms with E-state index in [0.717, 1.165) is 0 Å². The molecule has 2 aromatic carbocycles. The van der Waals surface area contributed by atoms with Gasteiger partial charge < -0.3 is 15.5 Å². The van der Waals surface area contributed by atoms with E-state index in [9.17, 15) is 18.8 Å². The lowest BCUT2D eigenvalue weighted by Gasteiger charge is -2.21. The van der Waals surface area contributed by atoms with Crippen LogP contribution in [0.25, 0.3) is 0 Å². The summed E-state index contributed by atoms with van der Waals surface area (Å²) in [6.45, 7) is 1.86. The summed E-state index contributed by atoms with van der Waals surface area (Å²) in [6, 6.07) is 10.4. The molecule has 0 saturated heterocycles. The minimum absolute atomic E-state index is 0.168. The van der Waals surface area contributed by atoms with E-state index in [4.69, 9.17) is 23.2 Å². The molecule has 154 valence electrons. The highest BCUT2D eigenvalue weighted by Gasteiger charge is 2.15. The Balaban J connectivity index is 1.81. The van der Waals surface area contributed by atoms with Crippen molar-refractivity contribution in [3.05, 3.63) is 69.5 Å². The number of nitrogens with one attached hydrogen (secondary N) is 2. The van der Waals surface area contributed by atoms with E-state index in [-0.39, 0.29) is 41.9 Å². The third-order valence-electron chi connectivity index (χ3n) is 4.02. The minimum atomic E-state index is -0.533. The molecular weight excluding hydrogens is 420 g/mol. The number of carbonyl (C=O) groups is 3. The van der Waals surface area contributed by atoms with Crippen molar-refractivity contribution in [2.24, 2.45) is 0 Å². The number of halogens is 3. The second-order valence-electron chi connectivity index (χ2n) is 6.12. The van der Waals surface area contributed by atoms with Gasteiger partial charge in [0.1, 0.15) is 5.82 Å². The van der Waals surface area contributed by atoms with E-state index in [2.05, 4.69) is 10.6 Å². The van der Waals surface area contributed by atoms with Gasteiger partial charge in [-0.3, -0.25) is 14.4 Å². The highest BCUT2D eigenvalue weighted by molar-refractivity contribution is 6.36. The zero-order valence-electron chi connectivity index (χ0n) is 15.7.